The third kappa shape index (κ3) is 2.91. The number of amides is 1. The Bertz CT molecular complexity index is 428. The number of carbonyl (C=O) groups excluding carboxylic acids is 1. The van der Waals surface area contributed by atoms with E-state index in [9.17, 15) is 4.79 Å². The molecule has 18 heavy (non-hydrogen) atoms. The van der Waals surface area contributed by atoms with Crippen molar-refractivity contribution in [1.29, 1.82) is 0 Å². The van der Waals surface area contributed by atoms with Gasteiger partial charge >= 0.3 is 0 Å². The first-order chi connectivity index (χ1) is 8.48. The van der Waals surface area contributed by atoms with Crippen LogP contribution in [0.5, 0.6) is 0 Å². The monoisotopic (exact) mass is 246 g/mol. The summed E-state index contributed by atoms with van der Waals surface area (Å²) in [6, 6.07) is 8.15. The molecule has 1 aromatic rings. The topological polar surface area (TPSA) is 41.1 Å². The smallest absolute Gasteiger partial charge is 0.251 e. The van der Waals surface area contributed by atoms with E-state index in [0.717, 1.165) is 30.6 Å². The van der Waals surface area contributed by atoms with Gasteiger partial charge in [0.15, 0.2) is 0 Å². The maximum Gasteiger partial charge on any atom is 0.251 e. The van der Waals surface area contributed by atoms with Gasteiger partial charge in [0, 0.05) is 18.2 Å². The van der Waals surface area contributed by atoms with E-state index >= 15 is 0 Å². The zero-order chi connectivity index (χ0) is 13.2. The summed E-state index contributed by atoms with van der Waals surface area (Å²) >= 11 is 0. The van der Waals surface area contributed by atoms with Crippen molar-refractivity contribution >= 4 is 5.91 Å². The predicted octanol–water partition coefficient (Wildman–Crippen LogP) is 2.08. The molecule has 1 amide bonds. The van der Waals surface area contributed by atoms with Crippen molar-refractivity contribution in [3.63, 3.8) is 0 Å². The SMILES string of the molecule is CC(C)(C)c1ccccc1C(=O)NC1CCNC1. The fraction of sp³-hybridized carbons (Fsp3) is 0.533. The van der Waals surface area contributed by atoms with E-state index in [1.807, 2.05) is 24.3 Å². The van der Waals surface area contributed by atoms with E-state index in [2.05, 4.69) is 31.4 Å². The molecule has 1 heterocycles. The first-order valence-electron chi connectivity index (χ1n) is 6.59. The van der Waals surface area contributed by atoms with Crippen LogP contribution in [0.15, 0.2) is 24.3 Å². The lowest BCUT2D eigenvalue weighted by atomic mass is 9.83. The average molecular weight is 246 g/mol. The van der Waals surface area contributed by atoms with Crippen LogP contribution in [0, 0.1) is 0 Å². The quantitative estimate of drug-likeness (QED) is 0.839. The Morgan fingerprint density at radius 2 is 2.06 bits per heavy atom. The maximum atomic E-state index is 12.3. The molecule has 0 saturated carbocycles. The van der Waals surface area contributed by atoms with Crippen LogP contribution in [0.25, 0.3) is 0 Å². The van der Waals surface area contributed by atoms with Crippen LogP contribution >= 0.6 is 0 Å². The molecule has 1 aliphatic rings. The molecule has 3 heteroatoms. The molecule has 1 aliphatic heterocycles. The number of carbonyl (C=O) groups is 1. The van der Waals surface area contributed by atoms with Gasteiger partial charge in [-0.25, -0.2) is 0 Å². The van der Waals surface area contributed by atoms with Gasteiger partial charge in [0.05, 0.1) is 0 Å². The minimum absolute atomic E-state index is 0.0120. The highest BCUT2D eigenvalue weighted by atomic mass is 16.1. The summed E-state index contributed by atoms with van der Waals surface area (Å²) in [7, 11) is 0. The molecule has 98 valence electrons. The fourth-order valence-electron chi connectivity index (χ4n) is 2.38. The third-order valence-electron chi connectivity index (χ3n) is 3.38. The van der Waals surface area contributed by atoms with Gasteiger partial charge in [-0.15, -0.1) is 0 Å². The van der Waals surface area contributed by atoms with Crippen LogP contribution in [-0.4, -0.2) is 25.0 Å². The summed E-state index contributed by atoms with van der Waals surface area (Å²) in [5, 5.41) is 6.37. The Labute approximate surface area is 109 Å². The van der Waals surface area contributed by atoms with Crippen molar-refractivity contribution in [1.82, 2.24) is 10.6 Å². The Hall–Kier alpha value is -1.35. The molecule has 2 N–H and O–H groups in total. The normalized spacial score (nSPS) is 19.8. The summed E-state index contributed by atoms with van der Waals surface area (Å²) in [5.41, 5.74) is 1.90. The first kappa shape index (κ1) is 13.1. The molecule has 0 aromatic heterocycles. The van der Waals surface area contributed by atoms with Crippen LogP contribution in [0.2, 0.25) is 0 Å². The van der Waals surface area contributed by atoms with E-state index in [0.29, 0.717) is 0 Å². The Kier molecular flexibility index (Phi) is 3.71. The van der Waals surface area contributed by atoms with Gasteiger partial charge in [-0.1, -0.05) is 39.0 Å². The lowest BCUT2D eigenvalue weighted by molar-refractivity contribution is 0.0938. The van der Waals surface area contributed by atoms with Gasteiger partial charge in [0.1, 0.15) is 0 Å². The second-order valence-electron chi connectivity index (χ2n) is 5.96. The largest absolute Gasteiger partial charge is 0.348 e. The van der Waals surface area contributed by atoms with Gasteiger partial charge in [0.2, 0.25) is 0 Å². The highest BCUT2D eigenvalue weighted by molar-refractivity contribution is 5.96. The van der Waals surface area contributed by atoms with Crippen LogP contribution in [0.1, 0.15) is 43.1 Å². The molecule has 1 aromatic carbocycles. The maximum absolute atomic E-state index is 12.3. The van der Waals surface area contributed by atoms with E-state index in [1.54, 1.807) is 0 Å². The van der Waals surface area contributed by atoms with Gasteiger partial charge in [0.25, 0.3) is 5.91 Å². The molecule has 0 spiro atoms. The predicted molar refractivity (Wildman–Crippen MR) is 73.9 cm³/mol. The Morgan fingerprint density at radius 1 is 1.33 bits per heavy atom. The summed E-state index contributed by atoms with van der Waals surface area (Å²) in [4.78, 5) is 12.3. The van der Waals surface area contributed by atoms with E-state index in [-0.39, 0.29) is 17.4 Å². The average Bonchev–Trinajstić information content (AvgIpc) is 2.80. The minimum atomic E-state index is -0.0120. The third-order valence-corrected chi connectivity index (χ3v) is 3.38. The summed E-state index contributed by atoms with van der Waals surface area (Å²) in [5.74, 6) is 0.0502. The zero-order valence-corrected chi connectivity index (χ0v) is 11.4. The van der Waals surface area contributed by atoms with Crippen molar-refractivity contribution in [2.24, 2.45) is 0 Å². The van der Waals surface area contributed by atoms with Crippen molar-refractivity contribution in [3.8, 4) is 0 Å². The zero-order valence-electron chi connectivity index (χ0n) is 11.4. The number of nitrogens with one attached hydrogen (secondary N) is 2. The van der Waals surface area contributed by atoms with Crippen LogP contribution < -0.4 is 10.6 Å². The standard InChI is InChI=1S/C15H22N2O/c1-15(2,3)13-7-5-4-6-12(13)14(18)17-11-8-9-16-10-11/h4-7,11,16H,8-10H2,1-3H3,(H,17,18). The molecular formula is C15H22N2O. The molecule has 3 nitrogen and oxygen atoms in total. The Balaban J connectivity index is 2.19. The highest BCUT2D eigenvalue weighted by Gasteiger charge is 2.23. The van der Waals surface area contributed by atoms with Crippen molar-refractivity contribution < 1.29 is 4.79 Å². The summed E-state index contributed by atoms with van der Waals surface area (Å²) in [6.45, 7) is 8.28. The van der Waals surface area contributed by atoms with E-state index in [1.165, 1.54) is 0 Å². The van der Waals surface area contributed by atoms with Crippen molar-refractivity contribution in [2.75, 3.05) is 13.1 Å². The van der Waals surface area contributed by atoms with Gasteiger partial charge in [-0.3, -0.25) is 4.79 Å². The lowest BCUT2D eigenvalue weighted by Crippen LogP contribution is -2.37. The van der Waals surface area contributed by atoms with Crippen LogP contribution in [0.3, 0.4) is 0 Å². The Morgan fingerprint density at radius 3 is 2.67 bits per heavy atom. The van der Waals surface area contributed by atoms with Crippen molar-refractivity contribution in [2.45, 2.75) is 38.6 Å². The lowest BCUT2D eigenvalue weighted by Gasteiger charge is -2.23. The molecular weight excluding hydrogens is 224 g/mol. The second kappa shape index (κ2) is 5.11. The molecule has 1 unspecified atom stereocenters. The van der Waals surface area contributed by atoms with Gasteiger partial charge < -0.3 is 10.6 Å². The molecule has 1 fully saturated rings. The molecule has 0 radical (unpaired) electrons. The number of rotatable bonds is 2. The fourth-order valence-corrected chi connectivity index (χ4v) is 2.38. The number of benzene rings is 1. The number of hydrogen-bond donors (Lipinski definition) is 2. The van der Waals surface area contributed by atoms with E-state index in [4.69, 9.17) is 0 Å². The van der Waals surface area contributed by atoms with Crippen LogP contribution in [0.4, 0.5) is 0 Å². The molecule has 0 bridgehead atoms. The summed E-state index contributed by atoms with van der Waals surface area (Å²) < 4.78 is 0. The van der Waals surface area contributed by atoms with Gasteiger partial charge in [-0.05, 0) is 30.0 Å². The number of hydrogen-bond acceptors (Lipinski definition) is 2. The molecule has 2 rings (SSSR count). The highest BCUT2D eigenvalue weighted by Crippen LogP contribution is 2.25. The molecule has 0 aliphatic carbocycles. The first-order valence-corrected chi connectivity index (χ1v) is 6.59. The summed E-state index contributed by atoms with van der Waals surface area (Å²) in [6.07, 6.45) is 1.02. The minimum Gasteiger partial charge on any atom is -0.348 e. The van der Waals surface area contributed by atoms with Crippen molar-refractivity contribution in [3.05, 3.63) is 35.4 Å². The molecule has 1 saturated heterocycles. The molecule has 1 atom stereocenters. The van der Waals surface area contributed by atoms with E-state index < -0.39 is 0 Å². The van der Waals surface area contributed by atoms with Gasteiger partial charge in [-0.2, -0.15) is 0 Å². The van der Waals surface area contributed by atoms with Crippen LogP contribution in [-0.2, 0) is 5.41 Å². The second-order valence-corrected chi connectivity index (χ2v) is 5.96.